The number of aryl methyl sites for hydroxylation is 1. The van der Waals surface area contributed by atoms with E-state index in [2.05, 4.69) is 20.6 Å². The maximum Gasteiger partial charge on any atom is 0.419 e. The summed E-state index contributed by atoms with van der Waals surface area (Å²) in [5.74, 6) is -1.21. The average Bonchev–Trinajstić information content (AvgIpc) is 2.98. The van der Waals surface area contributed by atoms with Gasteiger partial charge in [-0.2, -0.15) is 4.98 Å². The standard InChI is InChI=1S/C18H15FN6O4S/c1-25-14-8-11(4-7-15(14)29-18(25)26)22-16-13(19)9-21-17(24-16)23-10-2-5-12(6-3-10)30(20,27)28/h2-9H,1H3,(H2,20,27,28)(H2,21,22,23,24). The minimum atomic E-state index is -3.80. The molecule has 10 nitrogen and oxygen atoms in total. The van der Waals surface area contributed by atoms with E-state index in [1.54, 1.807) is 25.2 Å². The van der Waals surface area contributed by atoms with Crippen LogP contribution in [0.3, 0.4) is 0 Å². The first-order valence-electron chi connectivity index (χ1n) is 8.50. The molecule has 0 saturated carbocycles. The van der Waals surface area contributed by atoms with Crippen LogP contribution in [0.25, 0.3) is 11.1 Å². The summed E-state index contributed by atoms with van der Waals surface area (Å²) in [5, 5.41) is 10.8. The molecular formula is C18H15FN6O4S. The predicted octanol–water partition coefficient (Wildman–Crippen LogP) is 2.20. The average molecular weight is 430 g/mol. The number of primary sulfonamides is 1. The van der Waals surface area contributed by atoms with Crippen molar-refractivity contribution in [2.45, 2.75) is 4.90 Å². The molecule has 0 radical (unpaired) electrons. The summed E-state index contributed by atoms with van der Waals surface area (Å²) < 4.78 is 43.2. The van der Waals surface area contributed by atoms with Gasteiger partial charge in [-0.05, 0) is 42.5 Å². The van der Waals surface area contributed by atoms with E-state index in [4.69, 9.17) is 9.56 Å². The number of nitrogens with two attached hydrogens (primary N) is 1. The number of sulfonamides is 1. The Morgan fingerprint density at radius 1 is 1.10 bits per heavy atom. The van der Waals surface area contributed by atoms with Gasteiger partial charge in [0.15, 0.2) is 17.2 Å². The number of halogens is 1. The first kappa shape index (κ1) is 19.5. The Morgan fingerprint density at radius 2 is 1.80 bits per heavy atom. The molecule has 0 atom stereocenters. The zero-order valence-corrected chi connectivity index (χ0v) is 16.3. The van der Waals surface area contributed by atoms with Crippen molar-refractivity contribution in [3.63, 3.8) is 0 Å². The van der Waals surface area contributed by atoms with Gasteiger partial charge in [0.05, 0.1) is 16.6 Å². The van der Waals surface area contributed by atoms with Crippen molar-refractivity contribution in [3.8, 4) is 0 Å². The van der Waals surface area contributed by atoms with Crippen molar-refractivity contribution in [2.24, 2.45) is 12.2 Å². The van der Waals surface area contributed by atoms with Crippen LogP contribution in [-0.2, 0) is 17.1 Å². The van der Waals surface area contributed by atoms with E-state index >= 15 is 0 Å². The largest absolute Gasteiger partial charge is 0.419 e. The number of hydrogen-bond acceptors (Lipinski definition) is 8. The van der Waals surface area contributed by atoms with Gasteiger partial charge in [0.25, 0.3) is 0 Å². The number of oxazole rings is 1. The predicted molar refractivity (Wildman–Crippen MR) is 108 cm³/mol. The number of benzene rings is 2. The molecule has 0 saturated heterocycles. The highest BCUT2D eigenvalue weighted by atomic mass is 32.2. The molecule has 0 unspecified atom stereocenters. The number of anilines is 4. The fourth-order valence-electron chi connectivity index (χ4n) is 2.71. The van der Waals surface area contributed by atoms with E-state index in [0.717, 1.165) is 6.20 Å². The van der Waals surface area contributed by atoms with E-state index in [1.165, 1.54) is 28.8 Å². The third-order valence-electron chi connectivity index (χ3n) is 4.24. The van der Waals surface area contributed by atoms with Crippen LogP contribution in [0.1, 0.15) is 0 Å². The lowest BCUT2D eigenvalue weighted by atomic mass is 10.3. The normalized spacial score (nSPS) is 11.6. The molecule has 2 aromatic heterocycles. The molecule has 0 fully saturated rings. The lowest BCUT2D eigenvalue weighted by Crippen LogP contribution is -2.11. The van der Waals surface area contributed by atoms with Crippen molar-refractivity contribution >= 4 is 44.3 Å². The van der Waals surface area contributed by atoms with Crippen LogP contribution in [0.15, 0.2) is 62.8 Å². The molecule has 0 aliphatic heterocycles. The molecule has 12 heteroatoms. The van der Waals surface area contributed by atoms with Gasteiger partial charge >= 0.3 is 5.76 Å². The Hall–Kier alpha value is -3.77. The maximum absolute atomic E-state index is 14.2. The fourth-order valence-corrected chi connectivity index (χ4v) is 3.23. The van der Waals surface area contributed by atoms with Crippen molar-refractivity contribution in [1.82, 2.24) is 14.5 Å². The molecule has 4 rings (SSSR count). The summed E-state index contributed by atoms with van der Waals surface area (Å²) in [6.07, 6.45) is 0.989. The summed E-state index contributed by atoms with van der Waals surface area (Å²) in [7, 11) is -2.24. The van der Waals surface area contributed by atoms with Crippen LogP contribution < -0.4 is 21.5 Å². The third-order valence-corrected chi connectivity index (χ3v) is 5.17. The monoisotopic (exact) mass is 430 g/mol. The first-order valence-corrected chi connectivity index (χ1v) is 10.0. The second kappa shape index (κ2) is 7.24. The van der Waals surface area contributed by atoms with Crippen molar-refractivity contribution in [2.75, 3.05) is 10.6 Å². The lowest BCUT2D eigenvalue weighted by Gasteiger charge is -2.10. The Balaban J connectivity index is 1.59. The molecule has 2 heterocycles. The minimum absolute atomic E-state index is 0.0422. The van der Waals surface area contributed by atoms with Crippen LogP contribution in [0.2, 0.25) is 0 Å². The van der Waals surface area contributed by atoms with Gasteiger partial charge in [-0.3, -0.25) is 4.57 Å². The molecular weight excluding hydrogens is 415 g/mol. The molecule has 0 spiro atoms. The Labute approximate surface area is 169 Å². The molecule has 4 N–H and O–H groups in total. The van der Waals surface area contributed by atoms with E-state index in [-0.39, 0.29) is 16.7 Å². The van der Waals surface area contributed by atoms with E-state index < -0.39 is 21.6 Å². The zero-order valence-electron chi connectivity index (χ0n) is 15.5. The molecule has 0 amide bonds. The van der Waals surface area contributed by atoms with Crippen LogP contribution in [0.4, 0.5) is 27.5 Å². The molecule has 0 bridgehead atoms. The Kier molecular flexibility index (Phi) is 4.72. The highest BCUT2D eigenvalue weighted by molar-refractivity contribution is 7.89. The third kappa shape index (κ3) is 3.86. The van der Waals surface area contributed by atoms with E-state index in [1.807, 2.05) is 0 Å². The smallest absolute Gasteiger partial charge is 0.408 e. The number of nitrogens with zero attached hydrogens (tertiary/aromatic N) is 3. The van der Waals surface area contributed by atoms with E-state index in [9.17, 15) is 17.6 Å². The van der Waals surface area contributed by atoms with Gasteiger partial charge in [0, 0.05) is 18.4 Å². The van der Waals surface area contributed by atoms with Gasteiger partial charge in [-0.25, -0.2) is 27.7 Å². The zero-order chi connectivity index (χ0) is 21.5. The summed E-state index contributed by atoms with van der Waals surface area (Å²) in [6.45, 7) is 0. The topological polar surface area (TPSA) is 145 Å². The number of fused-ring (bicyclic) bond motifs is 1. The van der Waals surface area contributed by atoms with Gasteiger partial charge in [-0.1, -0.05) is 0 Å². The number of hydrogen-bond donors (Lipinski definition) is 3. The molecule has 2 aromatic carbocycles. The second-order valence-electron chi connectivity index (χ2n) is 6.32. The number of aromatic nitrogens is 3. The van der Waals surface area contributed by atoms with E-state index in [0.29, 0.717) is 22.5 Å². The van der Waals surface area contributed by atoms with Crippen LogP contribution in [-0.4, -0.2) is 23.0 Å². The number of rotatable bonds is 5. The molecule has 30 heavy (non-hydrogen) atoms. The maximum atomic E-state index is 14.2. The van der Waals surface area contributed by atoms with Crippen molar-refractivity contribution < 1.29 is 17.2 Å². The van der Waals surface area contributed by atoms with Gasteiger partial charge in [-0.15, -0.1) is 0 Å². The second-order valence-corrected chi connectivity index (χ2v) is 7.88. The quantitative estimate of drug-likeness (QED) is 0.437. The highest BCUT2D eigenvalue weighted by Gasteiger charge is 2.11. The summed E-state index contributed by atoms with van der Waals surface area (Å²) in [6, 6.07) is 10.4. The van der Waals surface area contributed by atoms with Gasteiger partial charge < -0.3 is 15.1 Å². The van der Waals surface area contributed by atoms with Crippen LogP contribution in [0.5, 0.6) is 0 Å². The lowest BCUT2D eigenvalue weighted by molar-refractivity contribution is 0.528. The Morgan fingerprint density at radius 3 is 2.50 bits per heavy atom. The molecule has 4 aromatic rings. The minimum Gasteiger partial charge on any atom is -0.408 e. The molecule has 0 aliphatic carbocycles. The molecule has 0 aliphatic rings. The van der Waals surface area contributed by atoms with Crippen molar-refractivity contribution in [3.05, 3.63) is 65.0 Å². The van der Waals surface area contributed by atoms with Gasteiger partial charge in [0.1, 0.15) is 0 Å². The molecule has 154 valence electrons. The van der Waals surface area contributed by atoms with Crippen LogP contribution >= 0.6 is 0 Å². The SMILES string of the molecule is Cn1c(=O)oc2ccc(Nc3nc(Nc4ccc(S(N)(=O)=O)cc4)ncc3F)cc21. The summed E-state index contributed by atoms with van der Waals surface area (Å²) in [4.78, 5) is 19.5. The summed E-state index contributed by atoms with van der Waals surface area (Å²) >= 11 is 0. The summed E-state index contributed by atoms with van der Waals surface area (Å²) in [5.41, 5.74) is 1.91. The van der Waals surface area contributed by atoms with Crippen molar-refractivity contribution in [1.29, 1.82) is 0 Å². The highest BCUT2D eigenvalue weighted by Crippen LogP contribution is 2.24. The first-order chi connectivity index (χ1) is 14.2. The number of nitrogens with one attached hydrogen (secondary N) is 2. The van der Waals surface area contributed by atoms with Gasteiger partial charge in [0.2, 0.25) is 16.0 Å². The van der Waals surface area contributed by atoms with Crippen LogP contribution in [0, 0.1) is 5.82 Å². The Bertz CT molecular complexity index is 1410. The fraction of sp³-hybridized carbons (Fsp3) is 0.0556.